The first-order valence-corrected chi connectivity index (χ1v) is 4.64. The highest BCUT2D eigenvalue weighted by Crippen LogP contribution is 1.91. The molecule has 13 heavy (non-hydrogen) atoms. The molecule has 0 saturated heterocycles. The lowest BCUT2D eigenvalue weighted by atomic mass is 10.2. The molecule has 0 heterocycles. The van der Waals surface area contributed by atoms with Gasteiger partial charge >= 0.3 is 0 Å². The summed E-state index contributed by atoms with van der Waals surface area (Å²) in [5, 5.41) is 11.8. The average Bonchev–Trinajstić information content (AvgIpc) is 2.14. The van der Waals surface area contributed by atoms with E-state index in [1.807, 2.05) is 6.92 Å². The van der Waals surface area contributed by atoms with Crippen LogP contribution in [0.5, 0.6) is 0 Å². The van der Waals surface area contributed by atoms with Gasteiger partial charge in [-0.15, -0.1) is 0 Å². The van der Waals surface area contributed by atoms with Crippen LogP contribution >= 0.6 is 0 Å². The molecule has 0 aromatic rings. The van der Waals surface area contributed by atoms with E-state index >= 15 is 0 Å². The third-order valence-electron chi connectivity index (χ3n) is 1.76. The number of nitrogens with one attached hydrogen (secondary N) is 1. The predicted molar refractivity (Wildman–Crippen MR) is 50.4 cm³/mol. The highest BCUT2D eigenvalue weighted by molar-refractivity contribution is 5.75. The molecule has 0 rings (SSSR count). The molecule has 0 fully saturated rings. The number of aliphatic hydroxyl groups is 1. The van der Waals surface area contributed by atoms with Gasteiger partial charge in [0.05, 0.1) is 6.10 Å². The van der Waals surface area contributed by atoms with E-state index in [0.29, 0.717) is 26.0 Å². The quantitative estimate of drug-likeness (QED) is 0.566. The number of amides is 1. The van der Waals surface area contributed by atoms with Gasteiger partial charge in [0.15, 0.2) is 0 Å². The van der Waals surface area contributed by atoms with Crippen LogP contribution in [-0.4, -0.2) is 37.4 Å². The van der Waals surface area contributed by atoms with E-state index < -0.39 is 6.10 Å². The summed E-state index contributed by atoms with van der Waals surface area (Å²) in [4.78, 5) is 11.1. The zero-order valence-electron chi connectivity index (χ0n) is 8.38. The predicted octanol–water partition coefficient (Wildman–Crippen LogP) is 0.300. The van der Waals surface area contributed by atoms with Gasteiger partial charge in [-0.25, -0.2) is 0 Å². The molecule has 0 radical (unpaired) electrons. The van der Waals surface area contributed by atoms with Crippen molar-refractivity contribution in [3.63, 3.8) is 0 Å². The minimum absolute atomic E-state index is 0.0236. The molecule has 4 heteroatoms. The van der Waals surface area contributed by atoms with Crippen molar-refractivity contribution in [3.8, 4) is 0 Å². The summed E-state index contributed by atoms with van der Waals surface area (Å²) >= 11 is 0. The van der Waals surface area contributed by atoms with E-state index in [-0.39, 0.29) is 5.91 Å². The molecule has 4 nitrogen and oxygen atoms in total. The highest BCUT2D eigenvalue weighted by Gasteiger charge is 2.03. The standard InChI is InChI=1S/C9H19NO3/c1-3-8(11)7-10-9(12)5-4-6-13-2/h8,11H,3-7H2,1-2H3,(H,10,12). The fourth-order valence-electron chi connectivity index (χ4n) is 0.841. The first kappa shape index (κ1) is 12.4. The Morgan fingerprint density at radius 3 is 2.85 bits per heavy atom. The molecule has 1 atom stereocenters. The Labute approximate surface area is 79.3 Å². The lowest BCUT2D eigenvalue weighted by molar-refractivity contribution is -0.121. The van der Waals surface area contributed by atoms with Gasteiger partial charge < -0.3 is 15.2 Å². The van der Waals surface area contributed by atoms with Gasteiger partial charge in [-0.05, 0) is 12.8 Å². The molecule has 0 saturated carbocycles. The SMILES string of the molecule is CCC(O)CNC(=O)CCCOC. The number of hydrogen-bond donors (Lipinski definition) is 2. The summed E-state index contributed by atoms with van der Waals surface area (Å²) < 4.78 is 4.81. The van der Waals surface area contributed by atoms with Gasteiger partial charge in [0.2, 0.25) is 5.91 Å². The summed E-state index contributed by atoms with van der Waals surface area (Å²) in [5.74, 6) is -0.0236. The molecule has 78 valence electrons. The monoisotopic (exact) mass is 189 g/mol. The summed E-state index contributed by atoms with van der Waals surface area (Å²) in [6, 6.07) is 0. The topological polar surface area (TPSA) is 58.6 Å². The number of carbonyl (C=O) groups is 1. The zero-order chi connectivity index (χ0) is 10.1. The molecule has 0 bridgehead atoms. The van der Waals surface area contributed by atoms with E-state index in [9.17, 15) is 4.79 Å². The van der Waals surface area contributed by atoms with Crippen LogP contribution in [0.4, 0.5) is 0 Å². The van der Waals surface area contributed by atoms with Crippen molar-refractivity contribution in [3.05, 3.63) is 0 Å². The highest BCUT2D eigenvalue weighted by atomic mass is 16.5. The van der Waals surface area contributed by atoms with Crippen LogP contribution in [-0.2, 0) is 9.53 Å². The Bertz CT molecular complexity index is 139. The van der Waals surface area contributed by atoms with Crippen molar-refractivity contribution >= 4 is 5.91 Å². The summed E-state index contributed by atoms with van der Waals surface area (Å²) in [6.07, 6.45) is 1.43. The van der Waals surface area contributed by atoms with Crippen LogP contribution in [0.1, 0.15) is 26.2 Å². The Balaban J connectivity index is 3.30. The molecule has 1 amide bonds. The van der Waals surface area contributed by atoms with Crippen LogP contribution in [0.25, 0.3) is 0 Å². The zero-order valence-corrected chi connectivity index (χ0v) is 8.38. The van der Waals surface area contributed by atoms with E-state index in [1.54, 1.807) is 7.11 Å². The third kappa shape index (κ3) is 7.74. The number of methoxy groups -OCH3 is 1. The van der Waals surface area contributed by atoms with E-state index in [4.69, 9.17) is 9.84 Å². The minimum Gasteiger partial charge on any atom is -0.391 e. The first-order valence-electron chi connectivity index (χ1n) is 4.64. The van der Waals surface area contributed by atoms with Gasteiger partial charge in [0, 0.05) is 26.7 Å². The molecule has 0 spiro atoms. The molecule has 2 N–H and O–H groups in total. The summed E-state index contributed by atoms with van der Waals surface area (Å²) in [6.45, 7) is 2.83. The molecule has 0 aromatic heterocycles. The average molecular weight is 189 g/mol. The van der Waals surface area contributed by atoms with Crippen LogP contribution in [0.3, 0.4) is 0 Å². The van der Waals surface area contributed by atoms with Crippen LogP contribution < -0.4 is 5.32 Å². The number of ether oxygens (including phenoxy) is 1. The first-order chi connectivity index (χ1) is 6.20. The summed E-state index contributed by atoms with van der Waals surface area (Å²) in [5.41, 5.74) is 0. The third-order valence-corrected chi connectivity index (χ3v) is 1.76. The molecule has 0 aliphatic carbocycles. The van der Waals surface area contributed by atoms with Crippen LogP contribution in [0.2, 0.25) is 0 Å². The second-order valence-electron chi connectivity index (χ2n) is 2.96. The van der Waals surface area contributed by atoms with Crippen molar-refractivity contribution in [1.82, 2.24) is 5.32 Å². The number of hydrogen-bond acceptors (Lipinski definition) is 3. The van der Waals surface area contributed by atoms with Crippen molar-refractivity contribution in [2.45, 2.75) is 32.3 Å². The van der Waals surface area contributed by atoms with Gasteiger partial charge in [-0.1, -0.05) is 6.92 Å². The van der Waals surface area contributed by atoms with Crippen molar-refractivity contribution in [2.75, 3.05) is 20.3 Å². The molecule has 0 aliphatic heterocycles. The molecule has 1 unspecified atom stereocenters. The molecule has 0 aromatic carbocycles. The number of rotatable bonds is 7. The minimum atomic E-state index is -0.425. The lowest BCUT2D eigenvalue weighted by Gasteiger charge is -2.08. The van der Waals surface area contributed by atoms with Gasteiger partial charge in [0.1, 0.15) is 0 Å². The van der Waals surface area contributed by atoms with Crippen molar-refractivity contribution in [1.29, 1.82) is 0 Å². The molecule has 0 aliphatic rings. The maximum Gasteiger partial charge on any atom is 0.220 e. The van der Waals surface area contributed by atoms with Gasteiger partial charge in [0.25, 0.3) is 0 Å². The molecular formula is C9H19NO3. The number of aliphatic hydroxyl groups excluding tert-OH is 1. The fraction of sp³-hybridized carbons (Fsp3) is 0.889. The Morgan fingerprint density at radius 1 is 1.62 bits per heavy atom. The lowest BCUT2D eigenvalue weighted by Crippen LogP contribution is -2.31. The van der Waals surface area contributed by atoms with E-state index in [0.717, 1.165) is 6.42 Å². The smallest absolute Gasteiger partial charge is 0.220 e. The molecular weight excluding hydrogens is 170 g/mol. The maximum absolute atomic E-state index is 11.1. The Hall–Kier alpha value is -0.610. The summed E-state index contributed by atoms with van der Waals surface area (Å²) in [7, 11) is 1.61. The van der Waals surface area contributed by atoms with Gasteiger partial charge in [-0.2, -0.15) is 0 Å². The largest absolute Gasteiger partial charge is 0.391 e. The number of carbonyl (C=O) groups excluding carboxylic acids is 1. The Morgan fingerprint density at radius 2 is 2.31 bits per heavy atom. The second kappa shape index (κ2) is 8.01. The maximum atomic E-state index is 11.1. The normalized spacial score (nSPS) is 12.5. The van der Waals surface area contributed by atoms with E-state index in [2.05, 4.69) is 5.32 Å². The van der Waals surface area contributed by atoms with Crippen molar-refractivity contribution in [2.24, 2.45) is 0 Å². The Kier molecular flexibility index (Phi) is 7.63. The van der Waals surface area contributed by atoms with Gasteiger partial charge in [-0.3, -0.25) is 4.79 Å². The van der Waals surface area contributed by atoms with Crippen LogP contribution in [0, 0.1) is 0 Å². The fourth-order valence-corrected chi connectivity index (χ4v) is 0.841. The van der Waals surface area contributed by atoms with Crippen molar-refractivity contribution < 1.29 is 14.6 Å². The van der Waals surface area contributed by atoms with E-state index in [1.165, 1.54) is 0 Å². The second-order valence-corrected chi connectivity index (χ2v) is 2.96. The van der Waals surface area contributed by atoms with Crippen LogP contribution in [0.15, 0.2) is 0 Å².